The maximum absolute atomic E-state index is 12.6. The number of halogens is 6. The highest BCUT2D eigenvalue weighted by molar-refractivity contribution is 9.10. The molecule has 0 aliphatic heterocycles. The van der Waals surface area contributed by atoms with Crippen molar-refractivity contribution in [3.8, 4) is 0 Å². The molecule has 1 nitrogen and oxygen atoms in total. The van der Waals surface area contributed by atoms with E-state index in [1.807, 2.05) is 0 Å². The summed E-state index contributed by atoms with van der Waals surface area (Å²) in [6.45, 7) is 0. The van der Waals surface area contributed by atoms with Gasteiger partial charge in [0.1, 0.15) is 5.69 Å². The fraction of sp³-hybridized carbons (Fsp3) is 0. The fourth-order valence-electron chi connectivity index (χ4n) is 0.683. The van der Waals surface area contributed by atoms with Gasteiger partial charge in [-0.3, -0.25) is 0 Å². The molecule has 0 saturated carbocycles. The summed E-state index contributed by atoms with van der Waals surface area (Å²) in [7, 11) is 0. The van der Waals surface area contributed by atoms with Gasteiger partial charge in [0, 0.05) is 6.07 Å². The summed E-state index contributed by atoms with van der Waals surface area (Å²) < 4.78 is 61.4. The van der Waals surface area contributed by atoms with E-state index >= 15 is 0 Å². The van der Waals surface area contributed by atoms with E-state index < -0.39 is 33.1 Å². The minimum atomic E-state index is -2.06. The van der Waals surface area contributed by atoms with Crippen LogP contribution in [-0.2, 0) is 0 Å². The van der Waals surface area contributed by atoms with Crippen LogP contribution in [0.4, 0.5) is 27.7 Å². The molecule has 0 spiro atoms. The topological polar surface area (TPSA) is 3.24 Å². The molecular formula is C6HBrF5N. The molecule has 0 saturated heterocycles. The second-order valence-electron chi connectivity index (χ2n) is 2.05. The Labute approximate surface area is 78.0 Å². The van der Waals surface area contributed by atoms with Crippen LogP contribution in [0.2, 0.25) is 0 Å². The molecule has 0 aliphatic carbocycles. The number of rotatable bonds is 1. The molecule has 0 fully saturated rings. The smallest absolute Gasteiger partial charge is 0.199 e. The Bertz CT molecular complexity index is 340. The van der Waals surface area contributed by atoms with E-state index in [9.17, 15) is 22.0 Å². The molecule has 0 amide bonds. The van der Waals surface area contributed by atoms with Gasteiger partial charge in [-0.2, -0.15) is 0 Å². The standard InChI is InChI=1S/C6HBrF5N/c7-13(12)3-1-2(8)4(9)6(11)5(3)10/h1H. The van der Waals surface area contributed by atoms with Crippen LogP contribution < -0.4 is 4.15 Å². The second-order valence-corrected chi connectivity index (χ2v) is 2.68. The van der Waals surface area contributed by atoms with Crippen molar-refractivity contribution >= 4 is 21.8 Å². The van der Waals surface area contributed by atoms with Gasteiger partial charge < -0.3 is 0 Å². The summed E-state index contributed by atoms with van der Waals surface area (Å²) in [5.41, 5.74) is -1.07. The molecule has 0 unspecified atom stereocenters. The predicted molar refractivity (Wildman–Crippen MR) is 38.8 cm³/mol. The summed E-state index contributed by atoms with van der Waals surface area (Å²) >= 11 is 2.10. The maximum Gasteiger partial charge on any atom is 0.199 e. The molecule has 1 aromatic rings. The van der Waals surface area contributed by atoms with Gasteiger partial charge in [0.05, 0.1) is 16.1 Å². The maximum atomic E-state index is 12.6. The predicted octanol–water partition coefficient (Wildman–Crippen LogP) is 3.24. The van der Waals surface area contributed by atoms with Gasteiger partial charge in [-0.15, -0.1) is 4.15 Å². The lowest BCUT2D eigenvalue weighted by molar-refractivity contribution is 0.405. The first-order valence-electron chi connectivity index (χ1n) is 2.89. The van der Waals surface area contributed by atoms with Crippen LogP contribution >= 0.6 is 16.1 Å². The quantitative estimate of drug-likeness (QED) is 0.325. The minimum Gasteiger partial charge on any atom is -0.204 e. The molecule has 0 aromatic heterocycles. The molecular weight excluding hydrogens is 261 g/mol. The fourth-order valence-corrected chi connectivity index (χ4v) is 0.941. The normalized spacial score (nSPS) is 10.3. The number of hydrogen-bond donors (Lipinski definition) is 0. The summed E-state index contributed by atoms with van der Waals surface area (Å²) in [5.74, 6) is -7.51. The zero-order valence-electron chi connectivity index (χ0n) is 5.79. The van der Waals surface area contributed by atoms with Gasteiger partial charge in [-0.25, -0.2) is 17.6 Å². The molecule has 72 valence electrons. The number of nitrogens with zero attached hydrogens (tertiary/aromatic N) is 1. The van der Waals surface area contributed by atoms with Crippen molar-refractivity contribution in [1.29, 1.82) is 0 Å². The first kappa shape index (κ1) is 10.2. The van der Waals surface area contributed by atoms with Crippen molar-refractivity contribution in [2.75, 3.05) is 4.15 Å². The first-order chi connectivity index (χ1) is 5.95. The van der Waals surface area contributed by atoms with Crippen LogP contribution in [0.1, 0.15) is 0 Å². The van der Waals surface area contributed by atoms with E-state index in [-0.39, 0.29) is 6.07 Å². The molecule has 0 bridgehead atoms. The van der Waals surface area contributed by atoms with Crippen LogP contribution in [0, 0.1) is 23.3 Å². The van der Waals surface area contributed by atoms with E-state index in [2.05, 4.69) is 16.1 Å². The number of hydrogen-bond acceptors (Lipinski definition) is 1. The van der Waals surface area contributed by atoms with Crippen molar-refractivity contribution < 1.29 is 22.0 Å². The first-order valence-corrected chi connectivity index (χ1v) is 3.60. The molecule has 1 aromatic carbocycles. The highest BCUT2D eigenvalue weighted by atomic mass is 79.9. The zero-order valence-corrected chi connectivity index (χ0v) is 7.38. The molecule has 13 heavy (non-hydrogen) atoms. The van der Waals surface area contributed by atoms with E-state index in [1.165, 1.54) is 0 Å². The summed E-state index contributed by atoms with van der Waals surface area (Å²) in [6.07, 6.45) is 0. The van der Waals surface area contributed by atoms with E-state index in [0.29, 0.717) is 0 Å². The lowest BCUT2D eigenvalue weighted by Crippen LogP contribution is -2.03. The summed E-state index contributed by atoms with van der Waals surface area (Å²) in [4.78, 5) is 0. The summed E-state index contributed by atoms with van der Waals surface area (Å²) in [5, 5.41) is 0. The molecule has 0 radical (unpaired) electrons. The summed E-state index contributed by atoms with van der Waals surface area (Å²) in [6, 6.07) is 0.183. The molecule has 0 atom stereocenters. The van der Waals surface area contributed by atoms with Crippen molar-refractivity contribution in [2.24, 2.45) is 0 Å². The average Bonchev–Trinajstić information content (AvgIpc) is 2.07. The Morgan fingerprint density at radius 3 is 2.00 bits per heavy atom. The van der Waals surface area contributed by atoms with Gasteiger partial charge in [-0.05, 0) is 0 Å². The lowest BCUT2D eigenvalue weighted by atomic mass is 10.3. The monoisotopic (exact) mass is 261 g/mol. The van der Waals surface area contributed by atoms with Gasteiger partial charge >= 0.3 is 0 Å². The highest BCUT2D eigenvalue weighted by Gasteiger charge is 2.21. The van der Waals surface area contributed by atoms with Gasteiger partial charge in [0.2, 0.25) is 0 Å². The minimum absolute atomic E-state index is 0.183. The van der Waals surface area contributed by atoms with Gasteiger partial charge in [-0.1, -0.05) is 4.48 Å². The molecule has 0 aliphatic rings. The Kier molecular flexibility index (Phi) is 2.74. The Morgan fingerprint density at radius 2 is 1.54 bits per heavy atom. The van der Waals surface area contributed by atoms with Crippen molar-refractivity contribution in [3.05, 3.63) is 29.3 Å². The number of benzene rings is 1. The third-order valence-corrected chi connectivity index (χ3v) is 1.65. The largest absolute Gasteiger partial charge is 0.204 e. The third-order valence-electron chi connectivity index (χ3n) is 1.27. The van der Waals surface area contributed by atoms with E-state index in [1.54, 1.807) is 0 Å². The van der Waals surface area contributed by atoms with Gasteiger partial charge in [0.15, 0.2) is 23.3 Å². The van der Waals surface area contributed by atoms with Crippen molar-refractivity contribution in [1.82, 2.24) is 0 Å². The van der Waals surface area contributed by atoms with Crippen molar-refractivity contribution in [2.45, 2.75) is 0 Å². The van der Waals surface area contributed by atoms with Crippen LogP contribution in [0.3, 0.4) is 0 Å². The molecule has 0 N–H and O–H groups in total. The Morgan fingerprint density at radius 1 is 1.00 bits per heavy atom. The van der Waals surface area contributed by atoms with Crippen molar-refractivity contribution in [3.63, 3.8) is 0 Å². The van der Waals surface area contributed by atoms with E-state index in [4.69, 9.17) is 0 Å². The molecule has 0 heterocycles. The van der Waals surface area contributed by atoms with E-state index in [0.717, 1.165) is 0 Å². The van der Waals surface area contributed by atoms with Crippen LogP contribution in [-0.4, -0.2) is 0 Å². The third kappa shape index (κ3) is 1.74. The van der Waals surface area contributed by atoms with Gasteiger partial charge in [0.25, 0.3) is 0 Å². The Balaban J connectivity index is 3.41. The lowest BCUT2D eigenvalue weighted by Gasteiger charge is -2.06. The number of anilines is 1. The van der Waals surface area contributed by atoms with Crippen LogP contribution in [0.5, 0.6) is 0 Å². The Hall–Kier alpha value is -0.850. The SMILES string of the molecule is Fc1cc(N(F)Br)c(F)c(F)c1F. The van der Waals surface area contributed by atoms with Crippen LogP contribution in [0.25, 0.3) is 0 Å². The highest BCUT2D eigenvalue weighted by Crippen LogP contribution is 2.27. The molecule has 1 rings (SSSR count). The second kappa shape index (κ2) is 3.49. The average molecular weight is 262 g/mol. The zero-order chi connectivity index (χ0) is 10.2. The molecule has 7 heteroatoms. The van der Waals surface area contributed by atoms with Crippen LogP contribution in [0.15, 0.2) is 6.07 Å².